The molecule has 0 saturated carbocycles. The first-order chi connectivity index (χ1) is 32.2. The Morgan fingerprint density at radius 3 is 0.943 bits per heavy atom. The summed E-state index contributed by atoms with van der Waals surface area (Å²) >= 11 is 0. The fourth-order valence-corrected chi connectivity index (χ4v) is 6.35. The number of aryl methyl sites for hydroxylation is 2. The first-order valence-corrected chi connectivity index (χ1v) is 20.6. The summed E-state index contributed by atoms with van der Waals surface area (Å²) in [5.41, 5.74) is 6.37. The third-order valence-electron chi connectivity index (χ3n) is 9.66. The molecule has 70 heavy (non-hydrogen) atoms. The molecule has 4 heterocycles. The van der Waals surface area contributed by atoms with Crippen LogP contribution in [0.25, 0.3) is 44.3 Å². The smallest absolute Gasteiger partial charge is 2.00 e. The molecule has 0 aliphatic heterocycles. The van der Waals surface area contributed by atoms with Crippen molar-refractivity contribution in [3.63, 3.8) is 0 Å². The van der Waals surface area contributed by atoms with Crippen molar-refractivity contribution in [3.05, 3.63) is 218 Å². The van der Waals surface area contributed by atoms with Crippen LogP contribution in [-0.2, 0) is 48.1 Å². The summed E-state index contributed by atoms with van der Waals surface area (Å²) < 4.78 is 0. The fraction of sp³-hybridized carbons (Fsp3) is 0.0370. The van der Waals surface area contributed by atoms with Crippen LogP contribution >= 0.6 is 0 Å². The molecule has 10 rings (SSSR count). The third-order valence-corrected chi connectivity index (χ3v) is 9.66. The molecule has 0 spiro atoms. The Kier molecular flexibility index (Phi) is 22.7. The van der Waals surface area contributed by atoms with Crippen LogP contribution in [0, 0.1) is 13.8 Å². The van der Waals surface area contributed by atoms with E-state index in [4.69, 9.17) is 0 Å². The van der Waals surface area contributed by atoms with Crippen LogP contribution in [0.3, 0.4) is 0 Å². The van der Waals surface area contributed by atoms with Crippen LogP contribution in [0.1, 0.15) is 11.1 Å². The van der Waals surface area contributed by atoms with Crippen LogP contribution in [0.4, 0.5) is 22.7 Å². The zero-order valence-electron chi connectivity index (χ0n) is 37.6. The van der Waals surface area contributed by atoms with Gasteiger partial charge in [0.1, 0.15) is 0 Å². The van der Waals surface area contributed by atoms with E-state index in [-0.39, 0.29) is 93.8 Å². The number of aromatic nitrogens is 4. The molecule has 342 valence electrons. The predicted octanol–water partition coefficient (Wildman–Crippen LogP) is 11.5. The van der Waals surface area contributed by atoms with Gasteiger partial charge in [-0.05, 0) is 85.3 Å². The number of pyridine rings is 4. The molecule has 0 N–H and O–H groups in total. The molecule has 14 nitrogen and oxygen atoms in total. The Hall–Kier alpha value is -8.07. The van der Waals surface area contributed by atoms with Gasteiger partial charge in [-0.3, -0.25) is 19.9 Å². The van der Waals surface area contributed by atoms with Crippen molar-refractivity contribution in [2.24, 2.45) is 20.5 Å². The molecular weight excluding hydrogens is 959 g/mol. The zero-order valence-corrected chi connectivity index (χ0v) is 40.3. The van der Waals surface area contributed by atoms with E-state index in [2.05, 4.69) is 40.4 Å². The van der Waals surface area contributed by atoms with Gasteiger partial charge in [0, 0.05) is 35.6 Å². The van der Waals surface area contributed by atoms with Crippen LogP contribution in [-0.4, -0.2) is 19.9 Å². The molecule has 0 aliphatic rings. The van der Waals surface area contributed by atoms with Gasteiger partial charge in [0.2, 0.25) is 0 Å². The van der Waals surface area contributed by atoms with Gasteiger partial charge in [-0.25, -0.2) is 0 Å². The Bertz CT molecular complexity index is 2940. The number of rotatable bonds is 6. The van der Waals surface area contributed by atoms with E-state index in [9.17, 15) is 20.4 Å². The van der Waals surface area contributed by atoms with E-state index in [0.29, 0.717) is 0 Å². The van der Waals surface area contributed by atoms with Gasteiger partial charge in [-0.1, -0.05) is 155 Å². The number of fused-ring (bicyclic) bond motifs is 2. The second-order valence-corrected chi connectivity index (χ2v) is 14.5. The average molecular weight is 999 g/mol. The van der Waals surface area contributed by atoms with Gasteiger partial charge >= 0.3 is 37.1 Å². The van der Waals surface area contributed by atoms with E-state index in [0.717, 1.165) is 55.4 Å². The molecule has 16 heteroatoms. The number of azo groups is 2. The Morgan fingerprint density at radius 2 is 0.643 bits per heavy atom. The molecule has 0 amide bonds. The van der Waals surface area contributed by atoms with E-state index >= 15 is 0 Å². The minimum atomic E-state index is -0.211. The van der Waals surface area contributed by atoms with Crippen molar-refractivity contribution in [2.75, 3.05) is 0 Å². The first-order valence-electron chi connectivity index (χ1n) is 20.6. The minimum Gasteiger partial charge on any atom is -2.00 e. The third kappa shape index (κ3) is 15.5. The molecule has 10 aromatic rings. The summed E-state index contributed by atoms with van der Waals surface area (Å²) in [5, 5.41) is 66.7. The molecule has 0 bridgehead atoms. The molecule has 0 atom stereocenters. The maximum atomic E-state index is 12.0. The van der Waals surface area contributed by atoms with Gasteiger partial charge in [0.05, 0.1) is 45.5 Å². The predicted molar refractivity (Wildman–Crippen MR) is 253 cm³/mol. The topological polar surface area (TPSA) is 250 Å². The minimum absolute atomic E-state index is 0. The summed E-state index contributed by atoms with van der Waals surface area (Å²) in [6.07, 6.45) is 7.07. The van der Waals surface area contributed by atoms with Gasteiger partial charge in [-0.2, -0.15) is 20.5 Å². The van der Waals surface area contributed by atoms with E-state index in [1.54, 1.807) is 61.2 Å². The normalized spacial score (nSPS) is 10.1. The standard InChI is InChI=1S/2C17H14N2O2.2C10H8N2.2O.2V/c2*1-11-6-8-14(16(21)10-11)18-19-17-13-5-3-2-4-12(13)7-9-15(17)20;2*1-3-7-11-9(5-1)10-6-2-4-8-12-10;;;;/h2*2-10,20-21H,1H3;2*1-8H;;;;/q;;;;2*-2;2*+4/p-4. The summed E-state index contributed by atoms with van der Waals surface area (Å²) in [6.45, 7) is 3.67. The van der Waals surface area contributed by atoms with Gasteiger partial charge in [0.15, 0.2) is 0 Å². The summed E-state index contributed by atoms with van der Waals surface area (Å²) in [7, 11) is 0. The van der Waals surface area contributed by atoms with Crippen molar-refractivity contribution in [1.29, 1.82) is 0 Å². The van der Waals surface area contributed by atoms with Gasteiger partial charge in [0.25, 0.3) is 0 Å². The molecule has 0 fully saturated rings. The number of hydrogen-bond acceptors (Lipinski definition) is 12. The summed E-state index contributed by atoms with van der Waals surface area (Å²) in [5.74, 6) is -0.827. The number of hydrogen-bond donors (Lipinski definition) is 0. The maximum absolute atomic E-state index is 12.0. The van der Waals surface area contributed by atoms with Crippen LogP contribution in [0.15, 0.2) is 227 Å². The largest absolute Gasteiger partial charge is 4.00 e. The van der Waals surface area contributed by atoms with Crippen molar-refractivity contribution in [3.8, 4) is 45.8 Å². The number of nitrogens with zero attached hydrogens (tertiary/aromatic N) is 8. The summed E-state index contributed by atoms with van der Waals surface area (Å²) in [6, 6.07) is 54.3. The quantitative estimate of drug-likeness (QED) is 0.144. The average Bonchev–Trinajstić information content (AvgIpc) is 3.36. The van der Waals surface area contributed by atoms with Crippen molar-refractivity contribution < 1.29 is 68.5 Å². The molecule has 6 aromatic carbocycles. The van der Waals surface area contributed by atoms with Crippen molar-refractivity contribution in [2.45, 2.75) is 13.8 Å². The molecule has 2 radical (unpaired) electrons. The Balaban J connectivity index is 0.000000250. The van der Waals surface area contributed by atoms with Gasteiger partial charge < -0.3 is 31.4 Å². The summed E-state index contributed by atoms with van der Waals surface area (Å²) in [4.78, 5) is 16.7. The molecular formula is C54H40N8O6V2. The molecule has 0 unspecified atom stereocenters. The van der Waals surface area contributed by atoms with Crippen LogP contribution in [0.5, 0.6) is 23.0 Å². The second kappa shape index (κ2) is 28.3. The molecule has 0 saturated heterocycles. The van der Waals surface area contributed by atoms with Crippen LogP contribution < -0.4 is 20.4 Å². The van der Waals surface area contributed by atoms with Crippen molar-refractivity contribution in [1.82, 2.24) is 19.9 Å². The van der Waals surface area contributed by atoms with Crippen LogP contribution in [0.2, 0.25) is 0 Å². The Morgan fingerprint density at radius 1 is 0.329 bits per heavy atom. The SMILES string of the molecule is Cc1ccc(N=Nc2c([O-])ccc3ccccc23)c([O-])c1.Cc1ccc(N=Nc2c([O-])ccc3ccccc23)c([O-])c1.[O-2].[O-2].[V+4].[V+4].c1ccc(-c2ccccn2)nc1.c1ccc(-c2ccccn2)nc1. The molecule has 4 aromatic heterocycles. The zero-order chi connectivity index (χ0) is 46.1. The van der Waals surface area contributed by atoms with Gasteiger partial charge in [-0.15, -0.1) is 0 Å². The van der Waals surface area contributed by atoms with E-state index < -0.39 is 0 Å². The molecule has 0 aliphatic carbocycles. The Labute approximate surface area is 428 Å². The second-order valence-electron chi connectivity index (χ2n) is 14.5. The van der Waals surface area contributed by atoms with E-state index in [1.165, 1.54) is 24.3 Å². The number of benzene rings is 6. The maximum Gasteiger partial charge on any atom is 4.00 e. The first kappa shape index (κ1) is 56.3. The van der Waals surface area contributed by atoms with Crippen molar-refractivity contribution >= 4 is 44.3 Å². The fourth-order valence-electron chi connectivity index (χ4n) is 6.35. The monoisotopic (exact) mass is 998 g/mol. The van der Waals surface area contributed by atoms with E-state index in [1.807, 2.05) is 135 Å².